The third-order valence-corrected chi connectivity index (χ3v) is 6.22. The first-order valence-corrected chi connectivity index (χ1v) is 11.7. The van der Waals surface area contributed by atoms with E-state index < -0.39 is 18.2 Å². The second-order valence-corrected chi connectivity index (χ2v) is 8.38. The monoisotopic (exact) mass is 458 g/mol. The molecule has 2 atom stereocenters. The van der Waals surface area contributed by atoms with Crippen LogP contribution in [0.4, 0.5) is 4.79 Å². The van der Waals surface area contributed by atoms with Gasteiger partial charge in [-0.2, -0.15) is 0 Å². The molecule has 1 saturated heterocycles. The van der Waals surface area contributed by atoms with Crippen LogP contribution in [-0.2, 0) is 16.1 Å². The number of aliphatic hydroxyl groups excluding tert-OH is 1. The van der Waals surface area contributed by atoms with Gasteiger partial charge in [0.25, 0.3) is 0 Å². The largest absolute Gasteiger partial charge is 0.445 e. The first-order chi connectivity index (χ1) is 16.6. The van der Waals surface area contributed by atoms with Crippen molar-refractivity contribution in [2.45, 2.75) is 38.1 Å². The highest BCUT2D eigenvalue weighted by Crippen LogP contribution is 2.31. The molecule has 3 aromatic carbocycles. The number of rotatable bonds is 7. The van der Waals surface area contributed by atoms with E-state index in [4.69, 9.17) is 4.74 Å². The highest BCUT2D eigenvalue weighted by molar-refractivity contribution is 5.87. The number of carbonyl (C=O) groups is 2. The smallest absolute Gasteiger partial charge is 0.410 e. The van der Waals surface area contributed by atoms with Crippen molar-refractivity contribution in [1.82, 2.24) is 9.80 Å². The molecule has 176 valence electrons. The van der Waals surface area contributed by atoms with Gasteiger partial charge in [-0.3, -0.25) is 9.69 Å². The van der Waals surface area contributed by atoms with Crippen molar-refractivity contribution in [3.8, 4) is 0 Å². The number of hydrogen-bond donors (Lipinski definition) is 1. The molecule has 0 saturated carbocycles. The molecule has 2 amide bonds. The highest BCUT2D eigenvalue weighted by atomic mass is 16.6. The zero-order valence-corrected chi connectivity index (χ0v) is 19.3. The quantitative estimate of drug-likeness (QED) is 0.570. The summed E-state index contributed by atoms with van der Waals surface area (Å²) in [6.45, 7) is 2.71. The summed E-state index contributed by atoms with van der Waals surface area (Å²) in [7, 11) is 0. The van der Waals surface area contributed by atoms with Gasteiger partial charge in [0.2, 0.25) is 5.91 Å². The summed E-state index contributed by atoms with van der Waals surface area (Å²) < 4.78 is 5.49. The molecular formula is C28H30N2O4. The van der Waals surface area contributed by atoms with E-state index in [0.29, 0.717) is 13.0 Å². The normalized spacial score (nSPS) is 17.6. The Morgan fingerprint density at radius 3 is 2.00 bits per heavy atom. The summed E-state index contributed by atoms with van der Waals surface area (Å²) in [5.74, 6) is -0.290. The lowest BCUT2D eigenvalue weighted by molar-refractivity contribution is -0.139. The number of nitrogens with zero attached hydrogens (tertiary/aromatic N) is 2. The minimum atomic E-state index is -0.988. The molecular weight excluding hydrogens is 428 g/mol. The fraction of sp³-hybridized carbons (Fsp3) is 0.286. The maximum Gasteiger partial charge on any atom is 0.410 e. The molecule has 4 rings (SSSR count). The molecule has 34 heavy (non-hydrogen) atoms. The predicted molar refractivity (Wildman–Crippen MR) is 130 cm³/mol. The van der Waals surface area contributed by atoms with Crippen LogP contribution in [0.15, 0.2) is 91.0 Å². The number of amides is 2. The molecule has 0 spiro atoms. The van der Waals surface area contributed by atoms with Crippen LogP contribution in [0.25, 0.3) is 0 Å². The van der Waals surface area contributed by atoms with Gasteiger partial charge in [0, 0.05) is 13.1 Å². The van der Waals surface area contributed by atoms with Crippen molar-refractivity contribution >= 4 is 12.0 Å². The molecule has 0 radical (unpaired) electrons. The van der Waals surface area contributed by atoms with Crippen LogP contribution in [0.2, 0.25) is 0 Å². The van der Waals surface area contributed by atoms with Crippen LogP contribution in [0.3, 0.4) is 0 Å². The summed E-state index contributed by atoms with van der Waals surface area (Å²) >= 11 is 0. The topological polar surface area (TPSA) is 70.1 Å². The number of ether oxygens (including phenoxy) is 1. The number of aliphatic hydroxyl groups is 1. The molecule has 6 heteroatoms. The van der Waals surface area contributed by atoms with Crippen molar-refractivity contribution in [1.29, 1.82) is 0 Å². The van der Waals surface area contributed by atoms with E-state index >= 15 is 0 Å². The number of carbonyl (C=O) groups excluding carboxylic acids is 2. The Bertz CT molecular complexity index is 1040. The van der Waals surface area contributed by atoms with E-state index in [1.165, 1.54) is 4.90 Å². The zero-order chi connectivity index (χ0) is 23.9. The van der Waals surface area contributed by atoms with Crippen LogP contribution in [-0.4, -0.2) is 52.1 Å². The molecule has 3 aromatic rings. The minimum Gasteiger partial charge on any atom is -0.445 e. The Morgan fingerprint density at radius 1 is 0.941 bits per heavy atom. The molecule has 1 fully saturated rings. The van der Waals surface area contributed by atoms with Crippen LogP contribution in [0.1, 0.15) is 36.1 Å². The molecule has 0 aromatic heterocycles. The Labute approximate surface area is 200 Å². The molecule has 6 nitrogen and oxygen atoms in total. The van der Waals surface area contributed by atoms with Crippen molar-refractivity contribution in [2.24, 2.45) is 0 Å². The molecule has 1 aliphatic heterocycles. The van der Waals surface area contributed by atoms with Crippen molar-refractivity contribution < 1.29 is 19.4 Å². The van der Waals surface area contributed by atoms with Gasteiger partial charge in [-0.05, 0) is 30.0 Å². The molecule has 0 bridgehead atoms. The Morgan fingerprint density at radius 2 is 1.47 bits per heavy atom. The van der Waals surface area contributed by atoms with Gasteiger partial charge in [0.15, 0.2) is 0 Å². The van der Waals surface area contributed by atoms with Gasteiger partial charge in [0.1, 0.15) is 12.6 Å². The Balaban J connectivity index is 1.59. The number of likely N-dealkylation sites (tertiary alicyclic amines) is 1. The average Bonchev–Trinajstić information content (AvgIpc) is 3.28. The average molecular weight is 459 g/mol. The first kappa shape index (κ1) is 23.5. The summed E-state index contributed by atoms with van der Waals surface area (Å²) in [5.41, 5.74) is 2.80. The molecule has 1 heterocycles. The van der Waals surface area contributed by atoms with Crippen molar-refractivity contribution in [3.63, 3.8) is 0 Å². The second kappa shape index (κ2) is 11.0. The van der Waals surface area contributed by atoms with E-state index in [1.54, 1.807) is 4.90 Å². The fourth-order valence-corrected chi connectivity index (χ4v) is 4.54. The van der Waals surface area contributed by atoms with Crippen LogP contribution in [0.5, 0.6) is 0 Å². The number of likely N-dealkylation sites (N-methyl/N-ethyl adjacent to an activating group) is 1. The maximum absolute atomic E-state index is 13.9. The molecule has 0 aliphatic carbocycles. The van der Waals surface area contributed by atoms with E-state index in [-0.39, 0.29) is 25.1 Å². The maximum atomic E-state index is 13.9. The van der Waals surface area contributed by atoms with E-state index in [9.17, 15) is 14.7 Å². The Hall–Kier alpha value is -3.64. The van der Waals surface area contributed by atoms with Crippen LogP contribution < -0.4 is 0 Å². The van der Waals surface area contributed by atoms with Gasteiger partial charge in [0.05, 0.1) is 12.1 Å². The first-order valence-electron chi connectivity index (χ1n) is 11.7. The van der Waals surface area contributed by atoms with Crippen LogP contribution in [0, 0.1) is 0 Å². The minimum absolute atomic E-state index is 0.112. The summed E-state index contributed by atoms with van der Waals surface area (Å²) in [4.78, 5) is 29.9. The van der Waals surface area contributed by atoms with Gasteiger partial charge >= 0.3 is 6.09 Å². The second-order valence-electron chi connectivity index (χ2n) is 8.38. The molecule has 1 aliphatic rings. The lowest BCUT2D eigenvalue weighted by Gasteiger charge is -2.36. The summed E-state index contributed by atoms with van der Waals surface area (Å²) in [6.07, 6.45) is -1.21. The summed E-state index contributed by atoms with van der Waals surface area (Å²) in [5, 5.41) is 10.7. The van der Waals surface area contributed by atoms with E-state index in [0.717, 1.165) is 16.7 Å². The van der Waals surface area contributed by atoms with Gasteiger partial charge in [-0.15, -0.1) is 0 Å². The van der Waals surface area contributed by atoms with E-state index in [2.05, 4.69) is 0 Å². The van der Waals surface area contributed by atoms with Crippen molar-refractivity contribution in [3.05, 3.63) is 108 Å². The zero-order valence-electron chi connectivity index (χ0n) is 19.3. The van der Waals surface area contributed by atoms with Crippen molar-refractivity contribution in [2.75, 3.05) is 13.1 Å². The lowest BCUT2D eigenvalue weighted by atomic mass is 9.96. The summed E-state index contributed by atoms with van der Waals surface area (Å²) in [6, 6.07) is 27.7. The highest BCUT2D eigenvalue weighted by Gasteiger charge is 2.45. The fourth-order valence-electron chi connectivity index (χ4n) is 4.54. The molecule has 1 N–H and O–H groups in total. The predicted octanol–water partition coefficient (Wildman–Crippen LogP) is 4.40. The van der Waals surface area contributed by atoms with Gasteiger partial charge in [-0.1, -0.05) is 91.0 Å². The molecule has 1 unspecified atom stereocenters. The third kappa shape index (κ3) is 5.13. The third-order valence-electron chi connectivity index (χ3n) is 6.22. The lowest BCUT2D eigenvalue weighted by Crippen LogP contribution is -2.52. The SMILES string of the molecule is CCN(C(=O)[C@@H]1C(O)CCN1C(=O)OCc1ccccc1)C(c1ccccc1)c1ccccc1. The Kier molecular flexibility index (Phi) is 7.60. The number of benzene rings is 3. The number of hydrogen-bond acceptors (Lipinski definition) is 4. The van der Waals surface area contributed by atoms with Gasteiger partial charge in [-0.25, -0.2) is 4.79 Å². The van der Waals surface area contributed by atoms with E-state index in [1.807, 2.05) is 97.9 Å². The van der Waals surface area contributed by atoms with Gasteiger partial charge < -0.3 is 14.7 Å². The van der Waals surface area contributed by atoms with Crippen LogP contribution >= 0.6 is 0 Å². The standard InChI is InChI=1S/C28H30N2O4/c1-2-29(25(22-14-8-4-9-15-22)23-16-10-5-11-17-23)27(32)26-24(31)18-19-30(26)28(33)34-20-21-12-6-3-7-13-21/h3-17,24-26,31H,2,18-20H2,1H3/t24?,26-/m0/s1.